The summed E-state index contributed by atoms with van der Waals surface area (Å²) >= 11 is 0. The second kappa shape index (κ2) is 8.43. The zero-order valence-corrected chi connectivity index (χ0v) is 17.4. The molecule has 2 aromatic heterocycles. The zero-order chi connectivity index (χ0) is 22.8. The molecule has 7 heteroatoms. The van der Waals surface area contributed by atoms with Gasteiger partial charge >= 0.3 is 6.18 Å². The number of halogens is 3. The van der Waals surface area contributed by atoms with Crippen LogP contribution in [0.2, 0.25) is 0 Å². The largest absolute Gasteiger partial charge is 0.417 e. The molecular formula is C26H19F3N4. The fourth-order valence-corrected chi connectivity index (χ4v) is 3.92. The molecule has 5 rings (SSSR count). The topological polar surface area (TPSA) is 42.2 Å². The highest BCUT2D eigenvalue weighted by molar-refractivity contribution is 5.99. The molecule has 0 spiro atoms. The van der Waals surface area contributed by atoms with Crippen LogP contribution in [0.4, 0.5) is 19.0 Å². The van der Waals surface area contributed by atoms with E-state index in [-0.39, 0.29) is 5.82 Å². The predicted molar refractivity (Wildman–Crippen MR) is 125 cm³/mol. The van der Waals surface area contributed by atoms with Crippen molar-refractivity contribution in [1.82, 2.24) is 9.55 Å². The van der Waals surface area contributed by atoms with Crippen molar-refractivity contribution in [3.05, 3.63) is 108 Å². The summed E-state index contributed by atoms with van der Waals surface area (Å²) in [5.74, 6) is 0.235. The molecule has 2 heterocycles. The van der Waals surface area contributed by atoms with Crippen molar-refractivity contribution in [3.8, 4) is 0 Å². The first kappa shape index (κ1) is 20.8. The molecule has 0 atom stereocenters. The molecule has 0 radical (unpaired) electrons. The van der Waals surface area contributed by atoms with Gasteiger partial charge in [0.1, 0.15) is 5.82 Å². The van der Waals surface area contributed by atoms with Gasteiger partial charge in [0.2, 0.25) is 0 Å². The van der Waals surface area contributed by atoms with Crippen molar-refractivity contribution in [2.45, 2.75) is 12.7 Å². The molecule has 4 nitrogen and oxygen atoms in total. The Balaban J connectivity index is 1.42. The number of nitrogens with zero attached hydrogens (tertiary/aromatic N) is 3. The minimum atomic E-state index is -4.42. The van der Waals surface area contributed by atoms with Crippen LogP contribution in [0.15, 0.2) is 96.4 Å². The van der Waals surface area contributed by atoms with Crippen LogP contribution in [0.3, 0.4) is 0 Å². The molecule has 3 aromatic carbocycles. The molecule has 0 unspecified atom stereocenters. The van der Waals surface area contributed by atoms with Crippen LogP contribution in [0, 0.1) is 0 Å². The molecule has 0 fully saturated rings. The Labute approximate surface area is 188 Å². The lowest BCUT2D eigenvalue weighted by Gasteiger charge is -2.09. The number of hydrogen-bond donors (Lipinski definition) is 1. The Morgan fingerprint density at radius 3 is 2.42 bits per heavy atom. The zero-order valence-electron chi connectivity index (χ0n) is 17.4. The second-order valence-electron chi connectivity index (χ2n) is 7.67. The number of para-hydroxylation sites is 1. The first-order valence-corrected chi connectivity index (χ1v) is 10.4. The number of rotatable bonds is 5. The van der Waals surface area contributed by atoms with Gasteiger partial charge in [0.25, 0.3) is 0 Å². The SMILES string of the molecule is FC(F)(F)c1ccc(N/N=C\c2cn(Cc3cccc4ccccc34)c3ccccc23)nc1. The number of fused-ring (bicyclic) bond motifs is 2. The van der Waals surface area contributed by atoms with Crippen molar-refractivity contribution in [1.29, 1.82) is 0 Å². The van der Waals surface area contributed by atoms with E-state index in [0.29, 0.717) is 6.54 Å². The van der Waals surface area contributed by atoms with Crippen LogP contribution >= 0.6 is 0 Å². The van der Waals surface area contributed by atoms with Crippen LogP contribution in [0.25, 0.3) is 21.7 Å². The maximum atomic E-state index is 12.7. The molecule has 0 saturated heterocycles. The Morgan fingerprint density at radius 1 is 0.879 bits per heavy atom. The van der Waals surface area contributed by atoms with Gasteiger partial charge in [-0.05, 0) is 34.5 Å². The van der Waals surface area contributed by atoms with Gasteiger partial charge < -0.3 is 4.57 Å². The summed E-state index contributed by atoms with van der Waals surface area (Å²) in [6, 6.07) is 24.9. The van der Waals surface area contributed by atoms with Crippen molar-refractivity contribution in [2.75, 3.05) is 5.43 Å². The van der Waals surface area contributed by atoms with E-state index in [1.807, 2.05) is 36.5 Å². The van der Waals surface area contributed by atoms with Crippen molar-refractivity contribution >= 4 is 33.7 Å². The Bertz CT molecular complexity index is 1450. The third-order valence-corrected chi connectivity index (χ3v) is 5.51. The number of nitrogens with one attached hydrogen (secondary N) is 1. The number of hydrogen-bond acceptors (Lipinski definition) is 3. The highest BCUT2D eigenvalue weighted by atomic mass is 19.4. The lowest BCUT2D eigenvalue weighted by atomic mass is 10.0. The summed E-state index contributed by atoms with van der Waals surface area (Å²) in [6.07, 6.45) is 0.0493. The summed E-state index contributed by atoms with van der Waals surface area (Å²) in [5.41, 5.74) is 5.08. The van der Waals surface area contributed by atoms with E-state index in [9.17, 15) is 13.2 Å². The molecule has 5 aromatic rings. The van der Waals surface area contributed by atoms with Gasteiger partial charge in [-0.25, -0.2) is 4.98 Å². The molecule has 1 N–H and O–H groups in total. The monoisotopic (exact) mass is 444 g/mol. The number of anilines is 1. The lowest BCUT2D eigenvalue weighted by molar-refractivity contribution is -0.137. The maximum absolute atomic E-state index is 12.7. The molecule has 0 aliphatic heterocycles. The van der Waals surface area contributed by atoms with Crippen molar-refractivity contribution < 1.29 is 13.2 Å². The lowest BCUT2D eigenvalue weighted by Crippen LogP contribution is -2.05. The summed E-state index contributed by atoms with van der Waals surface area (Å²) in [4.78, 5) is 3.78. The summed E-state index contributed by atoms with van der Waals surface area (Å²) in [5, 5.41) is 7.63. The van der Waals surface area contributed by atoms with E-state index >= 15 is 0 Å². The maximum Gasteiger partial charge on any atom is 0.417 e. The third kappa shape index (κ3) is 4.30. The quantitative estimate of drug-likeness (QED) is 0.242. The normalized spacial score (nSPS) is 12.1. The summed E-state index contributed by atoms with van der Waals surface area (Å²) in [6.45, 7) is 0.698. The highest BCUT2D eigenvalue weighted by Gasteiger charge is 2.30. The van der Waals surface area contributed by atoms with Gasteiger partial charge in [-0.3, -0.25) is 5.43 Å². The van der Waals surface area contributed by atoms with E-state index in [1.165, 1.54) is 22.4 Å². The number of pyridine rings is 1. The molecule has 0 aliphatic rings. The number of aromatic nitrogens is 2. The highest BCUT2D eigenvalue weighted by Crippen LogP contribution is 2.29. The van der Waals surface area contributed by atoms with Gasteiger partial charge in [-0.1, -0.05) is 60.7 Å². The molecule has 0 saturated carbocycles. The Kier molecular flexibility index (Phi) is 5.30. The molecule has 0 amide bonds. The van der Waals surface area contributed by atoms with Gasteiger partial charge in [0.05, 0.1) is 11.8 Å². The van der Waals surface area contributed by atoms with Crippen LogP contribution in [0.1, 0.15) is 16.7 Å². The smallest absolute Gasteiger partial charge is 0.342 e. The molecular weight excluding hydrogens is 425 g/mol. The van der Waals surface area contributed by atoms with Gasteiger partial charge in [0.15, 0.2) is 0 Å². The Morgan fingerprint density at radius 2 is 1.64 bits per heavy atom. The van der Waals surface area contributed by atoms with E-state index < -0.39 is 11.7 Å². The van der Waals surface area contributed by atoms with E-state index in [1.54, 1.807) is 6.21 Å². The number of benzene rings is 3. The minimum absolute atomic E-state index is 0.235. The van der Waals surface area contributed by atoms with Crippen LogP contribution in [0.5, 0.6) is 0 Å². The van der Waals surface area contributed by atoms with E-state index in [0.717, 1.165) is 28.7 Å². The standard InChI is InChI=1S/C26H19F3N4/c27-26(28,29)21-12-13-25(30-15-21)32-31-14-20-17-33(24-11-4-3-10-23(20)24)16-19-8-5-7-18-6-1-2-9-22(18)19/h1-15,17H,16H2,(H,30,32)/b31-14-. The fourth-order valence-electron chi connectivity index (χ4n) is 3.92. The van der Waals surface area contributed by atoms with Crippen molar-refractivity contribution in [2.24, 2.45) is 5.10 Å². The first-order valence-electron chi connectivity index (χ1n) is 10.4. The summed E-state index contributed by atoms with van der Waals surface area (Å²) < 4.78 is 40.3. The Hall–Kier alpha value is -4.13. The average Bonchev–Trinajstić information content (AvgIpc) is 3.17. The molecule has 164 valence electrons. The van der Waals surface area contributed by atoms with E-state index in [4.69, 9.17) is 0 Å². The van der Waals surface area contributed by atoms with E-state index in [2.05, 4.69) is 56.5 Å². The third-order valence-electron chi connectivity index (χ3n) is 5.51. The first-order chi connectivity index (χ1) is 16.0. The molecule has 33 heavy (non-hydrogen) atoms. The average molecular weight is 444 g/mol. The fraction of sp³-hybridized carbons (Fsp3) is 0.0769. The number of hydrazone groups is 1. The molecule has 0 aliphatic carbocycles. The van der Waals surface area contributed by atoms with Crippen LogP contribution < -0.4 is 5.43 Å². The van der Waals surface area contributed by atoms with Gasteiger partial charge in [-0.15, -0.1) is 0 Å². The summed E-state index contributed by atoms with van der Waals surface area (Å²) in [7, 11) is 0. The van der Waals surface area contributed by atoms with Crippen molar-refractivity contribution in [3.63, 3.8) is 0 Å². The minimum Gasteiger partial charge on any atom is -0.342 e. The van der Waals surface area contributed by atoms with Crippen LogP contribution in [-0.4, -0.2) is 15.8 Å². The van der Waals surface area contributed by atoms with Gasteiger partial charge in [0, 0.05) is 35.4 Å². The van der Waals surface area contributed by atoms with Gasteiger partial charge in [-0.2, -0.15) is 18.3 Å². The number of alkyl halides is 3. The molecule has 0 bridgehead atoms. The second-order valence-corrected chi connectivity index (χ2v) is 7.67. The predicted octanol–water partition coefficient (Wildman–Crippen LogP) is 6.70. The van der Waals surface area contributed by atoms with Crippen LogP contribution in [-0.2, 0) is 12.7 Å².